The van der Waals surface area contributed by atoms with Gasteiger partial charge in [-0.25, -0.2) is 0 Å². The number of ether oxygens (including phenoxy) is 2. The van der Waals surface area contributed by atoms with Gasteiger partial charge in [-0.3, -0.25) is 4.79 Å². The lowest BCUT2D eigenvalue weighted by Gasteiger charge is -2.18. The number of nitriles is 1. The third-order valence-corrected chi connectivity index (χ3v) is 3.59. The first kappa shape index (κ1) is 19.2. The number of carbonyl (C=O) groups excluding carboxylic acids is 1. The molecule has 1 rings (SSSR count). The van der Waals surface area contributed by atoms with Crippen molar-refractivity contribution >= 4 is 5.91 Å². The fourth-order valence-electron chi connectivity index (χ4n) is 2.40. The highest BCUT2D eigenvalue weighted by molar-refractivity contribution is 5.98. The molecular weight excluding hydrogens is 294 g/mol. The van der Waals surface area contributed by atoms with E-state index in [0.717, 1.165) is 56.5 Å². The second-order valence-electron chi connectivity index (χ2n) is 5.41. The van der Waals surface area contributed by atoms with Crippen molar-refractivity contribution in [1.29, 1.82) is 5.26 Å². The minimum Gasteiger partial charge on any atom is -0.388 e. The second kappa shape index (κ2) is 11.7. The van der Waals surface area contributed by atoms with E-state index in [1.54, 1.807) is 14.2 Å². The van der Waals surface area contributed by atoms with Gasteiger partial charge in [0.25, 0.3) is 5.91 Å². The topological polar surface area (TPSA) is 83.4 Å². The van der Waals surface area contributed by atoms with Gasteiger partial charge in [0.05, 0.1) is 0 Å². The standard InChI is InChI=1S/C17H27N3O3/c1-22-10-4-8-19-15-7-3-6-14(12-15)16(13-18)17(21)20-9-5-11-23-2/h12,19H,3-11H2,1-2H3,(H,20,21). The SMILES string of the molecule is COCCCNC(=O)C(C#N)=C1C=C(NCCCOC)CCC1. The van der Waals surface area contributed by atoms with Crippen molar-refractivity contribution < 1.29 is 14.3 Å². The van der Waals surface area contributed by atoms with Gasteiger partial charge in [0.2, 0.25) is 0 Å². The summed E-state index contributed by atoms with van der Waals surface area (Å²) in [6, 6.07) is 2.05. The lowest BCUT2D eigenvalue weighted by atomic mass is 9.95. The van der Waals surface area contributed by atoms with Crippen LogP contribution in [0, 0.1) is 11.3 Å². The molecule has 0 spiro atoms. The summed E-state index contributed by atoms with van der Waals surface area (Å²) >= 11 is 0. The molecule has 0 bridgehead atoms. The highest BCUT2D eigenvalue weighted by Gasteiger charge is 2.17. The maximum atomic E-state index is 12.1. The third-order valence-electron chi connectivity index (χ3n) is 3.59. The van der Waals surface area contributed by atoms with Gasteiger partial charge in [0, 0.05) is 46.2 Å². The molecule has 128 valence electrons. The first-order valence-corrected chi connectivity index (χ1v) is 8.06. The zero-order valence-corrected chi connectivity index (χ0v) is 14.1. The summed E-state index contributed by atoms with van der Waals surface area (Å²) in [5, 5.41) is 15.5. The molecule has 0 atom stereocenters. The predicted octanol–water partition coefficient (Wildman–Crippen LogP) is 1.65. The summed E-state index contributed by atoms with van der Waals surface area (Å²) in [5.74, 6) is -0.296. The van der Waals surface area contributed by atoms with Crippen molar-refractivity contribution in [2.24, 2.45) is 0 Å². The van der Waals surface area contributed by atoms with Crippen LogP contribution < -0.4 is 10.6 Å². The van der Waals surface area contributed by atoms with E-state index >= 15 is 0 Å². The first-order valence-electron chi connectivity index (χ1n) is 8.06. The van der Waals surface area contributed by atoms with Gasteiger partial charge < -0.3 is 20.1 Å². The summed E-state index contributed by atoms with van der Waals surface area (Å²) in [4.78, 5) is 12.1. The van der Waals surface area contributed by atoms with Crippen LogP contribution in [0.1, 0.15) is 32.1 Å². The lowest BCUT2D eigenvalue weighted by molar-refractivity contribution is -0.117. The lowest BCUT2D eigenvalue weighted by Crippen LogP contribution is -2.27. The van der Waals surface area contributed by atoms with Crippen LogP contribution >= 0.6 is 0 Å². The molecule has 0 unspecified atom stereocenters. The van der Waals surface area contributed by atoms with Gasteiger partial charge in [0.15, 0.2) is 0 Å². The monoisotopic (exact) mass is 321 g/mol. The smallest absolute Gasteiger partial charge is 0.262 e. The molecule has 6 nitrogen and oxygen atoms in total. The highest BCUT2D eigenvalue weighted by atomic mass is 16.5. The average Bonchev–Trinajstić information content (AvgIpc) is 2.57. The van der Waals surface area contributed by atoms with Crippen LogP contribution in [-0.4, -0.2) is 46.4 Å². The van der Waals surface area contributed by atoms with E-state index in [1.807, 2.05) is 6.08 Å². The van der Waals surface area contributed by atoms with Crippen molar-refractivity contribution in [3.05, 3.63) is 22.9 Å². The molecular formula is C17H27N3O3. The molecule has 2 N–H and O–H groups in total. The van der Waals surface area contributed by atoms with Crippen molar-refractivity contribution in [2.75, 3.05) is 40.5 Å². The summed E-state index contributed by atoms with van der Waals surface area (Å²) in [6.07, 6.45) is 6.27. The van der Waals surface area contributed by atoms with E-state index in [9.17, 15) is 10.1 Å². The zero-order chi connectivity index (χ0) is 16.9. The predicted molar refractivity (Wildman–Crippen MR) is 88.6 cm³/mol. The van der Waals surface area contributed by atoms with Crippen LogP contribution in [0.25, 0.3) is 0 Å². The van der Waals surface area contributed by atoms with Gasteiger partial charge in [-0.15, -0.1) is 0 Å². The summed E-state index contributed by atoms with van der Waals surface area (Å²) < 4.78 is 9.96. The Bertz CT molecular complexity index is 478. The first-order chi connectivity index (χ1) is 11.2. The van der Waals surface area contributed by atoms with Gasteiger partial charge in [0.1, 0.15) is 11.6 Å². The number of amides is 1. The highest BCUT2D eigenvalue weighted by Crippen LogP contribution is 2.23. The van der Waals surface area contributed by atoms with Crippen molar-refractivity contribution in [2.45, 2.75) is 32.1 Å². The number of hydrogen-bond donors (Lipinski definition) is 2. The Morgan fingerprint density at radius 1 is 1.22 bits per heavy atom. The molecule has 1 aliphatic rings. The average molecular weight is 321 g/mol. The Morgan fingerprint density at radius 3 is 2.57 bits per heavy atom. The van der Waals surface area contributed by atoms with Crippen molar-refractivity contribution in [1.82, 2.24) is 10.6 Å². The maximum absolute atomic E-state index is 12.1. The van der Waals surface area contributed by atoms with Gasteiger partial charge in [-0.1, -0.05) is 0 Å². The fraction of sp³-hybridized carbons (Fsp3) is 0.647. The van der Waals surface area contributed by atoms with E-state index in [4.69, 9.17) is 9.47 Å². The van der Waals surface area contributed by atoms with Gasteiger partial charge >= 0.3 is 0 Å². The Morgan fingerprint density at radius 2 is 1.91 bits per heavy atom. The number of hydrogen-bond acceptors (Lipinski definition) is 5. The van der Waals surface area contributed by atoms with E-state index in [-0.39, 0.29) is 11.5 Å². The van der Waals surface area contributed by atoms with Gasteiger partial charge in [-0.05, 0) is 43.8 Å². The van der Waals surface area contributed by atoms with Crippen LogP contribution in [0.15, 0.2) is 22.9 Å². The number of methoxy groups -OCH3 is 2. The van der Waals surface area contributed by atoms with Crippen LogP contribution in [0.5, 0.6) is 0 Å². The molecule has 0 radical (unpaired) electrons. The largest absolute Gasteiger partial charge is 0.388 e. The zero-order valence-electron chi connectivity index (χ0n) is 14.1. The molecule has 1 amide bonds. The molecule has 0 fully saturated rings. The minimum atomic E-state index is -0.296. The Balaban J connectivity index is 2.63. The molecule has 0 aliphatic heterocycles. The second-order valence-corrected chi connectivity index (χ2v) is 5.41. The Labute approximate surface area is 138 Å². The van der Waals surface area contributed by atoms with Crippen LogP contribution in [-0.2, 0) is 14.3 Å². The molecule has 0 aromatic heterocycles. The van der Waals surface area contributed by atoms with Crippen LogP contribution in [0.2, 0.25) is 0 Å². The van der Waals surface area contributed by atoms with Crippen LogP contribution in [0.4, 0.5) is 0 Å². The fourth-order valence-corrected chi connectivity index (χ4v) is 2.40. The van der Waals surface area contributed by atoms with Crippen molar-refractivity contribution in [3.8, 4) is 6.07 Å². The maximum Gasteiger partial charge on any atom is 0.262 e. The van der Waals surface area contributed by atoms with Gasteiger partial charge in [-0.2, -0.15) is 5.26 Å². The number of allylic oxidation sites excluding steroid dienone is 3. The molecule has 23 heavy (non-hydrogen) atoms. The molecule has 6 heteroatoms. The minimum absolute atomic E-state index is 0.221. The molecule has 0 aromatic rings. The van der Waals surface area contributed by atoms with Crippen molar-refractivity contribution in [3.63, 3.8) is 0 Å². The molecule has 0 aromatic carbocycles. The van der Waals surface area contributed by atoms with E-state index in [1.165, 1.54) is 0 Å². The number of carbonyl (C=O) groups is 1. The molecule has 0 saturated heterocycles. The molecule has 0 saturated carbocycles. The molecule has 0 heterocycles. The Kier molecular flexibility index (Phi) is 9.76. The summed E-state index contributed by atoms with van der Waals surface area (Å²) in [7, 11) is 3.31. The normalized spacial score (nSPS) is 16.3. The van der Waals surface area contributed by atoms with E-state index in [0.29, 0.717) is 13.2 Å². The quantitative estimate of drug-likeness (QED) is 0.363. The number of rotatable bonds is 10. The number of nitrogens with one attached hydrogen (secondary N) is 2. The summed E-state index contributed by atoms with van der Waals surface area (Å²) in [6.45, 7) is 2.65. The third kappa shape index (κ3) is 7.31. The molecule has 1 aliphatic carbocycles. The van der Waals surface area contributed by atoms with E-state index in [2.05, 4.69) is 16.7 Å². The number of nitrogens with zero attached hydrogens (tertiary/aromatic N) is 1. The Hall–Kier alpha value is -1.84. The summed E-state index contributed by atoms with van der Waals surface area (Å²) in [5.41, 5.74) is 2.12. The van der Waals surface area contributed by atoms with Crippen LogP contribution in [0.3, 0.4) is 0 Å². The van der Waals surface area contributed by atoms with E-state index < -0.39 is 0 Å².